The molecule has 3 aromatic carbocycles. The van der Waals surface area contributed by atoms with Crippen LogP contribution in [0.2, 0.25) is 5.02 Å². The van der Waals surface area contributed by atoms with Gasteiger partial charge in [0.2, 0.25) is 9.84 Å². The highest BCUT2D eigenvalue weighted by molar-refractivity contribution is 7.95. The number of aliphatic hydroxyl groups is 1. The summed E-state index contributed by atoms with van der Waals surface area (Å²) >= 11 is 5.96. The first kappa shape index (κ1) is 21.2. The van der Waals surface area contributed by atoms with Crippen molar-refractivity contribution in [3.05, 3.63) is 111 Å². The van der Waals surface area contributed by atoms with E-state index in [2.05, 4.69) is 0 Å². The first-order valence-electron chi connectivity index (χ1n) is 9.64. The standard InChI is InChI=1S/C24H20ClNO4S/c1-16-7-11-18(12-8-16)21-23(31(29,30)20-5-3-2-4-6-20)22(27)24(28)26(21)15-17-9-13-19(25)14-10-17/h2-14,21,27H,15H2,1H3/t21-/m0/s1. The van der Waals surface area contributed by atoms with E-state index >= 15 is 0 Å². The number of aryl methyl sites for hydroxylation is 1. The van der Waals surface area contributed by atoms with Gasteiger partial charge in [0.15, 0.2) is 5.76 Å². The minimum atomic E-state index is -4.11. The molecule has 1 aliphatic heterocycles. The molecule has 0 radical (unpaired) electrons. The monoisotopic (exact) mass is 453 g/mol. The maximum Gasteiger partial charge on any atom is 0.290 e. The van der Waals surface area contributed by atoms with Crippen molar-refractivity contribution in [1.82, 2.24) is 4.90 Å². The highest BCUT2D eigenvalue weighted by Gasteiger charge is 2.46. The number of rotatable bonds is 5. The Balaban J connectivity index is 1.85. The van der Waals surface area contributed by atoms with Gasteiger partial charge >= 0.3 is 0 Å². The average molecular weight is 454 g/mol. The lowest BCUT2D eigenvalue weighted by atomic mass is 10.0. The number of benzene rings is 3. The van der Waals surface area contributed by atoms with Gasteiger partial charge in [0, 0.05) is 11.6 Å². The molecule has 0 aliphatic carbocycles. The quantitative estimate of drug-likeness (QED) is 0.591. The molecule has 7 heteroatoms. The minimum Gasteiger partial charge on any atom is -0.502 e. The van der Waals surface area contributed by atoms with Crippen LogP contribution in [0.25, 0.3) is 0 Å². The molecule has 0 fully saturated rings. The molecule has 1 atom stereocenters. The fourth-order valence-electron chi connectivity index (χ4n) is 3.66. The Bertz CT molecular complexity index is 1250. The predicted octanol–water partition coefficient (Wildman–Crippen LogP) is 4.98. The molecule has 0 saturated heterocycles. The van der Waals surface area contributed by atoms with Crippen LogP contribution in [-0.4, -0.2) is 24.3 Å². The number of halogens is 1. The molecule has 4 rings (SSSR count). The van der Waals surface area contributed by atoms with Crippen LogP contribution in [0.4, 0.5) is 0 Å². The van der Waals surface area contributed by atoms with Crippen LogP contribution >= 0.6 is 11.6 Å². The number of aliphatic hydroxyl groups excluding tert-OH is 1. The first-order valence-corrected chi connectivity index (χ1v) is 11.5. The third-order valence-corrected chi connectivity index (χ3v) is 7.40. The van der Waals surface area contributed by atoms with Crippen LogP contribution in [0.5, 0.6) is 0 Å². The van der Waals surface area contributed by atoms with Gasteiger partial charge in [-0.1, -0.05) is 71.8 Å². The van der Waals surface area contributed by atoms with E-state index in [1.54, 1.807) is 54.6 Å². The molecule has 31 heavy (non-hydrogen) atoms. The van der Waals surface area contributed by atoms with E-state index in [9.17, 15) is 18.3 Å². The van der Waals surface area contributed by atoms with Crippen LogP contribution in [0.3, 0.4) is 0 Å². The van der Waals surface area contributed by atoms with Gasteiger partial charge in [0.05, 0.1) is 10.9 Å². The molecule has 158 valence electrons. The largest absolute Gasteiger partial charge is 0.502 e. The topological polar surface area (TPSA) is 74.7 Å². The van der Waals surface area contributed by atoms with E-state index in [0.717, 1.165) is 11.1 Å². The summed E-state index contributed by atoms with van der Waals surface area (Å²) in [5.41, 5.74) is 2.37. The fraction of sp³-hybridized carbons (Fsp3) is 0.125. The van der Waals surface area contributed by atoms with E-state index in [1.165, 1.54) is 17.0 Å². The molecular formula is C24H20ClNO4S. The highest BCUT2D eigenvalue weighted by atomic mass is 35.5. The van der Waals surface area contributed by atoms with Crippen molar-refractivity contribution < 1.29 is 18.3 Å². The summed E-state index contributed by atoms with van der Waals surface area (Å²) in [4.78, 5) is 14.1. The number of amides is 1. The van der Waals surface area contributed by atoms with Gasteiger partial charge in [-0.15, -0.1) is 0 Å². The molecule has 1 heterocycles. The Morgan fingerprint density at radius 2 is 1.55 bits per heavy atom. The lowest BCUT2D eigenvalue weighted by Crippen LogP contribution is -2.30. The van der Waals surface area contributed by atoms with Crippen molar-refractivity contribution in [2.45, 2.75) is 24.4 Å². The number of hydrogen-bond acceptors (Lipinski definition) is 4. The molecule has 3 aromatic rings. The average Bonchev–Trinajstić information content (AvgIpc) is 3.02. The smallest absolute Gasteiger partial charge is 0.290 e. The molecule has 0 bridgehead atoms. The molecule has 0 unspecified atom stereocenters. The zero-order valence-corrected chi connectivity index (χ0v) is 18.3. The Morgan fingerprint density at radius 1 is 0.935 bits per heavy atom. The van der Waals surface area contributed by atoms with E-state index in [4.69, 9.17) is 11.6 Å². The van der Waals surface area contributed by atoms with Gasteiger partial charge in [-0.3, -0.25) is 4.79 Å². The van der Waals surface area contributed by atoms with Crippen molar-refractivity contribution in [1.29, 1.82) is 0 Å². The lowest BCUT2D eigenvalue weighted by molar-refractivity contribution is -0.130. The summed E-state index contributed by atoms with van der Waals surface area (Å²) in [5.74, 6) is -1.47. The van der Waals surface area contributed by atoms with Gasteiger partial charge in [-0.2, -0.15) is 0 Å². The molecule has 1 amide bonds. The van der Waals surface area contributed by atoms with Gasteiger partial charge < -0.3 is 10.0 Å². The number of nitrogens with zero attached hydrogens (tertiary/aromatic N) is 1. The molecule has 5 nitrogen and oxygen atoms in total. The number of carbonyl (C=O) groups is 1. The van der Waals surface area contributed by atoms with Crippen molar-refractivity contribution in [3.8, 4) is 0 Å². The van der Waals surface area contributed by atoms with E-state index in [0.29, 0.717) is 10.6 Å². The van der Waals surface area contributed by atoms with Crippen LogP contribution < -0.4 is 0 Å². The van der Waals surface area contributed by atoms with Gasteiger partial charge in [-0.05, 0) is 42.3 Å². The van der Waals surface area contributed by atoms with Crippen molar-refractivity contribution in [2.75, 3.05) is 0 Å². The van der Waals surface area contributed by atoms with Crippen molar-refractivity contribution in [2.24, 2.45) is 0 Å². The first-order chi connectivity index (χ1) is 14.8. The van der Waals surface area contributed by atoms with Crippen LogP contribution in [0.15, 0.2) is 94.4 Å². The summed E-state index contributed by atoms with van der Waals surface area (Å²) in [6, 6.07) is 21.1. The number of sulfone groups is 1. The summed E-state index contributed by atoms with van der Waals surface area (Å²) in [7, 11) is -4.11. The van der Waals surface area contributed by atoms with Gasteiger partial charge in [-0.25, -0.2) is 8.42 Å². The Kier molecular flexibility index (Phi) is 5.60. The Labute approximate surface area is 186 Å². The number of carbonyl (C=O) groups excluding carboxylic acids is 1. The highest BCUT2D eigenvalue weighted by Crippen LogP contribution is 2.43. The fourth-order valence-corrected chi connectivity index (χ4v) is 5.45. The summed E-state index contributed by atoms with van der Waals surface area (Å²) < 4.78 is 26.9. The lowest BCUT2D eigenvalue weighted by Gasteiger charge is -2.27. The van der Waals surface area contributed by atoms with Gasteiger partial charge in [0.1, 0.15) is 4.91 Å². The zero-order valence-electron chi connectivity index (χ0n) is 16.7. The molecule has 1 aliphatic rings. The molecule has 0 aromatic heterocycles. The van der Waals surface area contributed by atoms with Crippen LogP contribution in [0.1, 0.15) is 22.7 Å². The second kappa shape index (κ2) is 8.21. The molecule has 1 N–H and O–H groups in total. The van der Waals surface area contributed by atoms with Crippen molar-refractivity contribution >= 4 is 27.3 Å². The summed E-state index contributed by atoms with van der Waals surface area (Å²) in [6.45, 7) is 2.04. The summed E-state index contributed by atoms with van der Waals surface area (Å²) in [5, 5.41) is 11.3. The molecule has 0 saturated carbocycles. The third kappa shape index (κ3) is 3.96. The Morgan fingerprint density at radius 3 is 2.16 bits per heavy atom. The molecular weight excluding hydrogens is 434 g/mol. The minimum absolute atomic E-state index is 0.0230. The van der Waals surface area contributed by atoms with Gasteiger partial charge in [0.25, 0.3) is 5.91 Å². The van der Waals surface area contributed by atoms with E-state index in [1.807, 2.05) is 19.1 Å². The number of hydrogen-bond donors (Lipinski definition) is 1. The second-order valence-electron chi connectivity index (χ2n) is 7.40. The van der Waals surface area contributed by atoms with Crippen molar-refractivity contribution in [3.63, 3.8) is 0 Å². The molecule has 0 spiro atoms. The van der Waals surface area contributed by atoms with E-state index < -0.39 is 27.5 Å². The third-order valence-electron chi connectivity index (χ3n) is 5.26. The van der Waals surface area contributed by atoms with Crippen LogP contribution in [0, 0.1) is 6.92 Å². The zero-order chi connectivity index (χ0) is 22.2. The maximum atomic E-state index is 13.5. The van der Waals surface area contributed by atoms with E-state index in [-0.39, 0.29) is 16.3 Å². The maximum absolute atomic E-state index is 13.5. The van der Waals surface area contributed by atoms with Crippen LogP contribution in [-0.2, 0) is 21.2 Å². The summed E-state index contributed by atoms with van der Waals surface area (Å²) in [6.07, 6.45) is 0. The second-order valence-corrected chi connectivity index (χ2v) is 9.76. The SMILES string of the molecule is Cc1ccc([C@H]2C(S(=O)(=O)c3ccccc3)=C(O)C(=O)N2Cc2ccc(Cl)cc2)cc1. The normalized spacial score (nSPS) is 16.8. The predicted molar refractivity (Wildman–Crippen MR) is 119 cm³/mol. The Hall–Kier alpha value is -3.09.